The summed E-state index contributed by atoms with van der Waals surface area (Å²) in [5, 5.41) is 6.27. The molecule has 0 saturated carbocycles. The number of hydrazone groups is 1. The van der Waals surface area contributed by atoms with Gasteiger partial charge in [-0.1, -0.05) is 12.5 Å². The van der Waals surface area contributed by atoms with Crippen LogP contribution in [0.3, 0.4) is 0 Å². The molecule has 1 aliphatic rings. The number of rotatable bonds is 5. The van der Waals surface area contributed by atoms with Gasteiger partial charge >= 0.3 is 0 Å². The summed E-state index contributed by atoms with van der Waals surface area (Å²) in [5.41, 5.74) is 3.72. The third kappa shape index (κ3) is 3.82. The van der Waals surface area contributed by atoms with Crippen molar-refractivity contribution in [2.75, 3.05) is 18.5 Å². The van der Waals surface area contributed by atoms with Crippen LogP contribution < -0.4 is 5.43 Å². The second kappa shape index (κ2) is 7.42. The molecule has 0 radical (unpaired) electrons. The number of thiophene rings is 1. The third-order valence-electron chi connectivity index (χ3n) is 3.91. The van der Waals surface area contributed by atoms with Crippen LogP contribution >= 0.6 is 11.3 Å². The fourth-order valence-corrected chi connectivity index (χ4v) is 4.67. The lowest BCUT2D eigenvalue weighted by atomic mass is 10.2. The van der Waals surface area contributed by atoms with Gasteiger partial charge in [0.15, 0.2) is 0 Å². The van der Waals surface area contributed by atoms with Gasteiger partial charge in [0.05, 0.1) is 5.71 Å². The molecule has 0 atom stereocenters. The van der Waals surface area contributed by atoms with Gasteiger partial charge in [0.2, 0.25) is 10.0 Å². The zero-order valence-corrected chi connectivity index (χ0v) is 15.1. The molecule has 0 spiro atoms. The highest BCUT2D eigenvalue weighted by Gasteiger charge is 2.26. The zero-order valence-electron chi connectivity index (χ0n) is 13.5. The van der Waals surface area contributed by atoms with E-state index >= 15 is 0 Å². The van der Waals surface area contributed by atoms with Gasteiger partial charge in [-0.05, 0) is 43.3 Å². The summed E-state index contributed by atoms with van der Waals surface area (Å²) in [6.45, 7) is 3.09. The number of aromatic nitrogens is 1. The molecule has 3 rings (SSSR count). The monoisotopic (exact) mass is 364 g/mol. The first-order chi connectivity index (χ1) is 11.6. The molecule has 24 heavy (non-hydrogen) atoms. The van der Waals surface area contributed by atoms with Crippen LogP contribution in [0.2, 0.25) is 0 Å². The Morgan fingerprint density at radius 2 is 2.04 bits per heavy atom. The van der Waals surface area contributed by atoms with E-state index in [0.717, 1.165) is 29.9 Å². The van der Waals surface area contributed by atoms with Crippen LogP contribution in [-0.2, 0) is 10.0 Å². The molecule has 0 unspecified atom stereocenters. The lowest BCUT2D eigenvalue weighted by molar-refractivity contribution is 0.346. The van der Waals surface area contributed by atoms with Crippen molar-refractivity contribution in [2.45, 2.75) is 31.1 Å². The minimum Gasteiger partial charge on any atom is -0.261 e. The Morgan fingerprint density at radius 1 is 1.25 bits per heavy atom. The molecular weight excluding hydrogens is 344 g/mol. The Hall–Kier alpha value is -1.77. The molecule has 0 aromatic carbocycles. The molecule has 2 aromatic heterocycles. The topological polar surface area (TPSA) is 74.7 Å². The van der Waals surface area contributed by atoms with Gasteiger partial charge in [0, 0.05) is 24.2 Å². The molecule has 128 valence electrons. The van der Waals surface area contributed by atoms with Crippen molar-refractivity contribution in [3.8, 4) is 0 Å². The zero-order chi connectivity index (χ0) is 17.0. The van der Waals surface area contributed by atoms with Gasteiger partial charge in [-0.2, -0.15) is 9.41 Å². The predicted octanol–water partition coefficient (Wildman–Crippen LogP) is 3.15. The van der Waals surface area contributed by atoms with Gasteiger partial charge < -0.3 is 0 Å². The van der Waals surface area contributed by atoms with Crippen LogP contribution in [0.1, 0.15) is 31.1 Å². The summed E-state index contributed by atoms with van der Waals surface area (Å²) < 4.78 is 26.7. The average molecular weight is 364 g/mol. The molecule has 1 aliphatic heterocycles. The Bertz CT molecular complexity index is 793. The normalized spacial score (nSPS) is 17.0. The summed E-state index contributed by atoms with van der Waals surface area (Å²) in [6.07, 6.45) is 4.32. The molecule has 3 heterocycles. The summed E-state index contributed by atoms with van der Waals surface area (Å²) in [7, 11) is -3.44. The Kier molecular flexibility index (Phi) is 5.27. The average Bonchev–Trinajstić information content (AvgIpc) is 3.15. The highest BCUT2D eigenvalue weighted by Crippen LogP contribution is 2.20. The van der Waals surface area contributed by atoms with Crippen molar-refractivity contribution in [2.24, 2.45) is 5.10 Å². The number of pyridine rings is 1. The molecule has 0 aliphatic carbocycles. The molecule has 8 heteroatoms. The van der Waals surface area contributed by atoms with E-state index in [1.54, 1.807) is 27.8 Å². The second-order valence-electron chi connectivity index (χ2n) is 5.63. The number of anilines is 1. The smallest absolute Gasteiger partial charge is 0.244 e. The molecular formula is C16H20N4O2S2. The first-order valence-electron chi connectivity index (χ1n) is 7.88. The molecule has 0 amide bonds. The molecule has 0 bridgehead atoms. The SMILES string of the molecule is C/C(=N\Nc1ccc(S(=O)(=O)N2CCCCC2)cn1)c1cccs1. The fraction of sp³-hybridized carbons (Fsp3) is 0.375. The minimum atomic E-state index is -3.44. The summed E-state index contributed by atoms with van der Waals surface area (Å²) in [4.78, 5) is 5.48. The maximum atomic E-state index is 12.6. The molecule has 1 N–H and O–H groups in total. The van der Waals surface area contributed by atoms with E-state index in [1.807, 2.05) is 24.4 Å². The number of hydrogen-bond acceptors (Lipinski definition) is 6. The number of sulfonamides is 1. The molecule has 6 nitrogen and oxygen atoms in total. The van der Waals surface area contributed by atoms with Crippen molar-refractivity contribution in [1.82, 2.24) is 9.29 Å². The van der Waals surface area contributed by atoms with Crippen LogP contribution in [0.5, 0.6) is 0 Å². The van der Waals surface area contributed by atoms with Gasteiger partial charge in [-0.25, -0.2) is 13.4 Å². The second-order valence-corrected chi connectivity index (χ2v) is 8.52. The summed E-state index contributed by atoms with van der Waals surface area (Å²) in [6, 6.07) is 7.18. The van der Waals surface area contributed by atoms with Crippen LogP contribution in [0.4, 0.5) is 5.82 Å². The first kappa shape index (κ1) is 17.1. The van der Waals surface area contributed by atoms with E-state index in [9.17, 15) is 8.42 Å². The highest BCUT2D eigenvalue weighted by atomic mass is 32.2. The van der Waals surface area contributed by atoms with Crippen molar-refractivity contribution in [1.29, 1.82) is 0 Å². The fourth-order valence-electron chi connectivity index (χ4n) is 2.53. The molecule has 1 saturated heterocycles. The number of hydrogen-bond donors (Lipinski definition) is 1. The standard InChI is InChI=1S/C16H20N4O2S2/c1-13(15-6-5-11-23-15)18-19-16-8-7-14(12-17-16)24(21,22)20-9-3-2-4-10-20/h5-8,11-12H,2-4,9-10H2,1H3,(H,17,19)/b18-13+. The van der Waals surface area contributed by atoms with Gasteiger partial charge in [-0.15, -0.1) is 11.3 Å². The van der Waals surface area contributed by atoms with E-state index in [0.29, 0.717) is 18.9 Å². The Labute approximate surface area is 146 Å². The van der Waals surface area contributed by atoms with E-state index in [1.165, 1.54) is 6.20 Å². The number of piperidine rings is 1. The van der Waals surface area contributed by atoms with E-state index in [2.05, 4.69) is 15.5 Å². The van der Waals surface area contributed by atoms with Crippen LogP contribution in [0, 0.1) is 0 Å². The van der Waals surface area contributed by atoms with E-state index < -0.39 is 10.0 Å². The number of nitrogens with zero attached hydrogens (tertiary/aromatic N) is 3. The highest BCUT2D eigenvalue weighted by molar-refractivity contribution is 7.89. The summed E-state index contributed by atoms with van der Waals surface area (Å²) >= 11 is 1.61. The number of nitrogens with one attached hydrogen (secondary N) is 1. The van der Waals surface area contributed by atoms with Gasteiger partial charge in [0.25, 0.3) is 0 Å². The van der Waals surface area contributed by atoms with Crippen molar-refractivity contribution >= 4 is 32.9 Å². The minimum absolute atomic E-state index is 0.230. The van der Waals surface area contributed by atoms with Crippen molar-refractivity contribution in [3.05, 3.63) is 40.7 Å². The van der Waals surface area contributed by atoms with Crippen LogP contribution in [-0.4, -0.2) is 36.5 Å². The third-order valence-corrected chi connectivity index (χ3v) is 6.77. The molecule has 1 fully saturated rings. The predicted molar refractivity (Wildman–Crippen MR) is 97.0 cm³/mol. The van der Waals surface area contributed by atoms with Crippen LogP contribution in [0.15, 0.2) is 45.8 Å². The summed E-state index contributed by atoms with van der Waals surface area (Å²) in [5.74, 6) is 0.517. The van der Waals surface area contributed by atoms with E-state index in [-0.39, 0.29) is 4.90 Å². The van der Waals surface area contributed by atoms with Gasteiger partial charge in [0.1, 0.15) is 10.7 Å². The maximum absolute atomic E-state index is 12.6. The van der Waals surface area contributed by atoms with Crippen LogP contribution in [0.25, 0.3) is 0 Å². The van der Waals surface area contributed by atoms with Gasteiger partial charge in [-0.3, -0.25) is 5.43 Å². The Balaban J connectivity index is 1.70. The van der Waals surface area contributed by atoms with E-state index in [4.69, 9.17) is 0 Å². The lowest BCUT2D eigenvalue weighted by Gasteiger charge is -2.25. The van der Waals surface area contributed by atoms with Crippen molar-refractivity contribution in [3.63, 3.8) is 0 Å². The lowest BCUT2D eigenvalue weighted by Crippen LogP contribution is -2.35. The Morgan fingerprint density at radius 3 is 2.67 bits per heavy atom. The maximum Gasteiger partial charge on any atom is 0.244 e. The largest absolute Gasteiger partial charge is 0.261 e. The molecule has 2 aromatic rings. The van der Waals surface area contributed by atoms with Crippen molar-refractivity contribution < 1.29 is 8.42 Å². The quantitative estimate of drug-likeness (QED) is 0.653. The first-order valence-corrected chi connectivity index (χ1v) is 10.2.